The van der Waals surface area contributed by atoms with Crippen LogP contribution in [0.4, 0.5) is 5.69 Å². The van der Waals surface area contributed by atoms with Crippen LogP contribution in [0.5, 0.6) is 5.75 Å². The number of rotatable bonds is 9. The molecule has 1 amide bonds. The number of piperazine rings is 1. The van der Waals surface area contributed by atoms with E-state index in [1.807, 2.05) is 30.3 Å². The van der Waals surface area contributed by atoms with Gasteiger partial charge in [-0.05, 0) is 30.8 Å². The average molecular weight is 442 g/mol. The van der Waals surface area contributed by atoms with Crippen molar-refractivity contribution in [2.75, 3.05) is 57.8 Å². The third-order valence-corrected chi connectivity index (χ3v) is 5.68. The number of hydrogen-bond donors (Lipinski definition) is 1. The van der Waals surface area contributed by atoms with Crippen molar-refractivity contribution in [3.05, 3.63) is 42.2 Å². The van der Waals surface area contributed by atoms with E-state index in [2.05, 4.69) is 46.3 Å². The van der Waals surface area contributed by atoms with Crippen LogP contribution in [0.3, 0.4) is 0 Å². The molecule has 2 heterocycles. The number of amides is 1. The van der Waals surface area contributed by atoms with Crippen LogP contribution < -0.4 is 15.0 Å². The zero-order chi connectivity index (χ0) is 22.9. The standard InChI is InChI=1S/C23H35N7O2/c1-5-28(6-2)13-14-32-21-9-7-19(8-10-21)15-25-23(24-3)29-11-12-30(22(31)18-29)20-16-26-27(4)17-20/h7-10,16-17H,5-6,11-15,18H2,1-4H3,(H,24,25). The molecule has 2 aromatic rings. The van der Waals surface area contributed by atoms with Crippen molar-refractivity contribution in [2.24, 2.45) is 12.0 Å². The molecular weight excluding hydrogens is 406 g/mol. The number of hydrogen-bond acceptors (Lipinski definition) is 5. The second-order valence-electron chi connectivity index (χ2n) is 7.76. The van der Waals surface area contributed by atoms with E-state index in [0.29, 0.717) is 26.2 Å². The highest BCUT2D eigenvalue weighted by atomic mass is 16.5. The fraction of sp³-hybridized carbons (Fsp3) is 0.522. The lowest BCUT2D eigenvalue weighted by atomic mass is 10.2. The molecule has 1 aliphatic heterocycles. The van der Waals surface area contributed by atoms with Gasteiger partial charge in [-0.15, -0.1) is 0 Å². The number of aromatic nitrogens is 2. The molecule has 0 aliphatic carbocycles. The third-order valence-electron chi connectivity index (χ3n) is 5.68. The maximum atomic E-state index is 12.7. The van der Waals surface area contributed by atoms with Crippen LogP contribution in [0, 0.1) is 0 Å². The lowest BCUT2D eigenvalue weighted by Crippen LogP contribution is -2.55. The highest BCUT2D eigenvalue weighted by molar-refractivity contribution is 5.98. The Morgan fingerprint density at radius 3 is 2.56 bits per heavy atom. The second kappa shape index (κ2) is 11.5. The third kappa shape index (κ3) is 6.23. The lowest BCUT2D eigenvalue weighted by Gasteiger charge is -2.35. The predicted molar refractivity (Wildman–Crippen MR) is 127 cm³/mol. The number of ether oxygens (including phenoxy) is 1. The summed E-state index contributed by atoms with van der Waals surface area (Å²) in [4.78, 5) is 23.1. The summed E-state index contributed by atoms with van der Waals surface area (Å²) in [5, 5.41) is 7.53. The van der Waals surface area contributed by atoms with Gasteiger partial charge in [-0.3, -0.25) is 14.5 Å². The molecule has 0 saturated carbocycles. The van der Waals surface area contributed by atoms with Crippen LogP contribution in [0.15, 0.2) is 41.7 Å². The summed E-state index contributed by atoms with van der Waals surface area (Å²) < 4.78 is 7.56. The van der Waals surface area contributed by atoms with Crippen molar-refractivity contribution in [3.63, 3.8) is 0 Å². The molecule has 0 radical (unpaired) electrons. The van der Waals surface area contributed by atoms with Crippen molar-refractivity contribution in [3.8, 4) is 5.75 Å². The van der Waals surface area contributed by atoms with Gasteiger partial charge < -0.3 is 24.8 Å². The van der Waals surface area contributed by atoms with Gasteiger partial charge >= 0.3 is 0 Å². The molecule has 174 valence electrons. The van der Waals surface area contributed by atoms with E-state index in [-0.39, 0.29) is 12.5 Å². The molecule has 1 N–H and O–H groups in total. The molecule has 9 nitrogen and oxygen atoms in total. The number of carbonyl (C=O) groups excluding carboxylic acids is 1. The molecule has 1 aliphatic rings. The van der Waals surface area contributed by atoms with Gasteiger partial charge in [0, 0.05) is 46.5 Å². The number of benzene rings is 1. The number of guanidine groups is 1. The highest BCUT2D eigenvalue weighted by Crippen LogP contribution is 2.16. The zero-order valence-corrected chi connectivity index (χ0v) is 19.6. The molecule has 9 heteroatoms. The number of aryl methyl sites for hydroxylation is 1. The average Bonchev–Trinajstić information content (AvgIpc) is 3.24. The van der Waals surface area contributed by atoms with Gasteiger partial charge in [0.05, 0.1) is 11.9 Å². The first kappa shape index (κ1) is 23.6. The monoisotopic (exact) mass is 441 g/mol. The van der Waals surface area contributed by atoms with Gasteiger partial charge in [0.15, 0.2) is 5.96 Å². The molecule has 1 saturated heterocycles. The molecule has 1 aromatic carbocycles. The lowest BCUT2D eigenvalue weighted by molar-refractivity contribution is -0.120. The molecular formula is C23H35N7O2. The van der Waals surface area contributed by atoms with Crippen molar-refractivity contribution < 1.29 is 9.53 Å². The predicted octanol–water partition coefficient (Wildman–Crippen LogP) is 1.56. The summed E-state index contributed by atoms with van der Waals surface area (Å²) in [6, 6.07) is 8.10. The molecule has 0 unspecified atom stereocenters. The minimum atomic E-state index is 0.0402. The molecule has 32 heavy (non-hydrogen) atoms. The normalized spacial score (nSPS) is 14.9. The summed E-state index contributed by atoms with van der Waals surface area (Å²) >= 11 is 0. The molecule has 1 aromatic heterocycles. The fourth-order valence-corrected chi connectivity index (χ4v) is 3.72. The van der Waals surface area contributed by atoms with Gasteiger partial charge in [0.25, 0.3) is 0 Å². The van der Waals surface area contributed by atoms with E-state index in [1.54, 1.807) is 22.8 Å². The summed E-state index contributed by atoms with van der Waals surface area (Å²) in [7, 11) is 3.59. The van der Waals surface area contributed by atoms with Crippen molar-refractivity contribution in [1.29, 1.82) is 0 Å². The minimum Gasteiger partial charge on any atom is -0.492 e. The van der Waals surface area contributed by atoms with Crippen molar-refractivity contribution in [1.82, 2.24) is 24.9 Å². The number of nitrogens with zero attached hydrogens (tertiary/aromatic N) is 6. The summed E-state index contributed by atoms with van der Waals surface area (Å²) in [6.45, 7) is 10.2. The summed E-state index contributed by atoms with van der Waals surface area (Å²) in [5.41, 5.74) is 1.96. The Morgan fingerprint density at radius 2 is 1.97 bits per heavy atom. The van der Waals surface area contributed by atoms with E-state index in [0.717, 1.165) is 42.6 Å². The number of aliphatic imine (C=N–C) groups is 1. The Kier molecular flexibility index (Phi) is 8.49. The van der Waals surface area contributed by atoms with Crippen molar-refractivity contribution >= 4 is 17.6 Å². The number of likely N-dealkylation sites (N-methyl/N-ethyl adjacent to an activating group) is 1. The van der Waals surface area contributed by atoms with Gasteiger partial charge in [-0.25, -0.2) is 0 Å². The van der Waals surface area contributed by atoms with Gasteiger partial charge in [-0.2, -0.15) is 5.10 Å². The number of nitrogens with one attached hydrogen (secondary N) is 1. The Labute approximate surface area is 190 Å². The maximum Gasteiger partial charge on any atom is 0.246 e. The largest absolute Gasteiger partial charge is 0.492 e. The number of anilines is 1. The van der Waals surface area contributed by atoms with E-state index in [1.165, 1.54) is 0 Å². The van der Waals surface area contributed by atoms with E-state index in [4.69, 9.17) is 4.74 Å². The second-order valence-corrected chi connectivity index (χ2v) is 7.76. The first-order valence-corrected chi connectivity index (χ1v) is 11.2. The highest BCUT2D eigenvalue weighted by Gasteiger charge is 2.27. The first-order valence-electron chi connectivity index (χ1n) is 11.2. The van der Waals surface area contributed by atoms with Gasteiger partial charge in [-0.1, -0.05) is 26.0 Å². The van der Waals surface area contributed by atoms with Crippen LogP contribution in [-0.2, 0) is 18.4 Å². The van der Waals surface area contributed by atoms with Crippen LogP contribution >= 0.6 is 0 Å². The van der Waals surface area contributed by atoms with Crippen LogP contribution in [0.2, 0.25) is 0 Å². The minimum absolute atomic E-state index is 0.0402. The SMILES string of the molecule is CCN(CC)CCOc1ccc(CNC(=NC)N2CCN(c3cnn(C)c3)C(=O)C2)cc1. The number of carbonyl (C=O) groups is 1. The first-order chi connectivity index (χ1) is 15.5. The van der Waals surface area contributed by atoms with Gasteiger partial charge in [0.1, 0.15) is 18.9 Å². The maximum absolute atomic E-state index is 12.7. The van der Waals surface area contributed by atoms with Gasteiger partial charge in [0.2, 0.25) is 5.91 Å². The smallest absolute Gasteiger partial charge is 0.246 e. The molecule has 1 fully saturated rings. The Morgan fingerprint density at radius 1 is 1.22 bits per heavy atom. The van der Waals surface area contributed by atoms with E-state index in [9.17, 15) is 4.79 Å². The summed E-state index contributed by atoms with van der Waals surface area (Å²) in [5.74, 6) is 1.64. The summed E-state index contributed by atoms with van der Waals surface area (Å²) in [6.07, 6.45) is 3.58. The topological polar surface area (TPSA) is 78.2 Å². The van der Waals surface area contributed by atoms with Crippen LogP contribution in [0.25, 0.3) is 0 Å². The van der Waals surface area contributed by atoms with Crippen LogP contribution in [0.1, 0.15) is 19.4 Å². The Balaban J connectivity index is 1.47. The zero-order valence-electron chi connectivity index (χ0n) is 19.6. The Bertz CT molecular complexity index is 890. The van der Waals surface area contributed by atoms with E-state index < -0.39 is 0 Å². The molecule has 3 rings (SSSR count). The van der Waals surface area contributed by atoms with Crippen LogP contribution in [-0.4, -0.2) is 84.4 Å². The fourth-order valence-electron chi connectivity index (χ4n) is 3.72. The molecule has 0 spiro atoms. The molecule has 0 bridgehead atoms. The Hall–Kier alpha value is -3.07. The van der Waals surface area contributed by atoms with Crippen molar-refractivity contribution in [2.45, 2.75) is 20.4 Å². The van der Waals surface area contributed by atoms with E-state index >= 15 is 0 Å². The molecule has 0 atom stereocenters. The quantitative estimate of drug-likeness (QED) is 0.470.